The van der Waals surface area contributed by atoms with Crippen LogP contribution in [0, 0.1) is 39.9 Å². The van der Waals surface area contributed by atoms with Crippen molar-refractivity contribution >= 4 is 11.6 Å². The minimum Gasteiger partial charge on any atom is -0.375 e. The quantitative estimate of drug-likeness (QED) is 0.694. The van der Waals surface area contributed by atoms with E-state index < -0.39 is 11.0 Å². The number of allylic oxidation sites excluding steroid dienone is 1. The Labute approximate surface area is 142 Å². The number of aliphatic hydroxyl groups is 1. The number of rotatable bonds is 0. The monoisotopic (exact) mass is 327 g/mol. The first-order chi connectivity index (χ1) is 11.2. The highest BCUT2D eigenvalue weighted by Crippen LogP contribution is 2.66. The molecule has 0 radical (unpaired) electrons. The molecule has 4 nitrogen and oxygen atoms in total. The third-order valence-electron chi connectivity index (χ3n) is 7.99. The van der Waals surface area contributed by atoms with Crippen molar-refractivity contribution in [1.82, 2.24) is 0 Å². The second kappa shape index (κ2) is 4.79. The third kappa shape index (κ3) is 1.77. The Hall–Kier alpha value is -1.47. The van der Waals surface area contributed by atoms with Gasteiger partial charge in [0.25, 0.3) is 0 Å². The molecule has 0 aromatic rings. The lowest BCUT2D eigenvalue weighted by Crippen LogP contribution is -2.58. The highest BCUT2D eigenvalue weighted by Gasteiger charge is 2.66. The van der Waals surface area contributed by atoms with Gasteiger partial charge in [0.2, 0.25) is 0 Å². The zero-order valence-corrected chi connectivity index (χ0v) is 14.5. The fourth-order valence-corrected chi connectivity index (χ4v) is 6.57. The molecule has 4 rings (SSSR count). The van der Waals surface area contributed by atoms with Crippen molar-refractivity contribution in [3.63, 3.8) is 0 Å². The standard InChI is InChI=1S/C20H25NO3/c1-18-7-5-13(22)9-12(18)3-4-14-15-6-8-20(24,11-21)19(15,2)10-16(23)17(14)18/h9,14-15,17,24H,3-8,10H2,1-2H3/t14-,15-,17-,18+,19+,20+/m1/s1. The molecular formula is C20H25NO3. The van der Waals surface area contributed by atoms with Gasteiger partial charge in [-0.25, -0.2) is 0 Å². The summed E-state index contributed by atoms with van der Waals surface area (Å²) in [5.41, 5.74) is -1.05. The minimum absolute atomic E-state index is 0.0512. The number of carbonyl (C=O) groups excluding carboxylic acids is 2. The van der Waals surface area contributed by atoms with E-state index in [-0.39, 0.29) is 34.7 Å². The van der Waals surface area contributed by atoms with Gasteiger partial charge in [-0.05, 0) is 55.4 Å². The first-order valence-corrected chi connectivity index (χ1v) is 9.15. The molecule has 0 amide bonds. The summed E-state index contributed by atoms with van der Waals surface area (Å²) in [4.78, 5) is 25.0. The van der Waals surface area contributed by atoms with Crippen LogP contribution in [0.1, 0.15) is 58.8 Å². The van der Waals surface area contributed by atoms with E-state index in [1.165, 1.54) is 0 Å². The van der Waals surface area contributed by atoms with E-state index in [4.69, 9.17) is 0 Å². The van der Waals surface area contributed by atoms with Crippen LogP contribution in [-0.4, -0.2) is 22.3 Å². The van der Waals surface area contributed by atoms with Gasteiger partial charge < -0.3 is 5.11 Å². The van der Waals surface area contributed by atoms with Crippen LogP contribution >= 0.6 is 0 Å². The number of fused-ring (bicyclic) bond motifs is 5. The average molecular weight is 327 g/mol. The third-order valence-corrected chi connectivity index (χ3v) is 7.99. The lowest BCUT2D eigenvalue weighted by atomic mass is 9.46. The summed E-state index contributed by atoms with van der Waals surface area (Å²) >= 11 is 0. The number of hydrogen-bond donors (Lipinski definition) is 1. The van der Waals surface area contributed by atoms with Gasteiger partial charge in [-0.3, -0.25) is 9.59 Å². The molecule has 24 heavy (non-hydrogen) atoms. The Bertz CT molecular complexity index is 704. The number of carbonyl (C=O) groups is 2. The smallest absolute Gasteiger partial charge is 0.157 e. The number of nitrogens with zero attached hydrogens (tertiary/aromatic N) is 1. The molecule has 4 aliphatic rings. The molecule has 1 N–H and O–H groups in total. The van der Waals surface area contributed by atoms with E-state index in [1.807, 2.05) is 6.92 Å². The molecule has 0 aliphatic heterocycles. The Morgan fingerprint density at radius 3 is 2.67 bits per heavy atom. The lowest BCUT2D eigenvalue weighted by molar-refractivity contribution is -0.153. The van der Waals surface area contributed by atoms with Crippen LogP contribution in [0.15, 0.2) is 11.6 Å². The van der Waals surface area contributed by atoms with Crippen molar-refractivity contribution in [2.45, 2.75) is 64.4 Å². The first-order valence-electron chi connectivity index (χ1n) is 9.15. The molecule has 0 aromatic heterocycles. The zero-order valence-electron chi connectivity index (χ0n) is 14.5. The van der Waals surface area contributed by atoms with E-state index in [2.05, 4.69) is 13.0 Å². The SMILES string of the molecule is C[C@]12CCC(=O)C=C1CC[C@@H]1[C@H]3CC[C@](O)(C#N)[C@@]3(C)CC(=O)[C@@H]12. The van der Waals surface area contributed by atoms with Gasteiger partial charge in [0, 0.05) is 24.2 Å². The van der Waals surface area contributed by atoms with E-state index in [9.17, 15) is 20.0 Å². The van der Waals surface area contributed by atoms with Crippen LogP contribution in [0.2, 0.25) is 0 Å². The molecule has 0 bridgehead atoms. The largest absolute Gasteiger partial charge is 0.375 e. The van der Waals surface area contributed by atoms with Crippen LogP contribution in [0.25, 0.3) is 0 Å². The van der Waals surface area contributed by atoms with E-state index in [1.54, 1.807) is 6.08 Å². The topological polar surface area (TPSA) is 78.2 Å². The molecule has 3 saturated carbocycles. The van der Waals surface area contributed by atoms with Crippen molar-refractivity contribution in [2.24, 2.45) is 28.6 Å². The van der Waals surface area contributed by atoms with Crippen LogP contribution in [-0.2, 0) is 9.59 Å². The van der Waals surface area contributed by atoms with Crippen LogP contribution in [0.3, 0.4) is 0 Å². The summed E-state index contributed by atoms with van der Waals surface area (Å²) in [6, 6.07) is 2.12. The molecule has 4 aliphatic carbocycles. The molecule has 0 saturated heterocycles. The molecule has 0 aromatic carbocycles. The summed E-state index contributed by atoms with van der Waals surface area (Å²) in [6.07, 6.45) is 6.43. The molecule has 128 valence electrons. The Morgan fingerprint density at radius 1 is 1.21 bits per heavy atom. The van der Waals surface area contributed by atoms with Gasteiger partial charge in [0.05, 0.1) is 6.07 Å². The van der Waals surface area contributed by atoms with E-state index >= 15 is 0 Å². The highest BCUT2D eigenvalue weighted by molar-refractivity contribution is 5.93. The van der Waals surface area contributed by atoms with E-state index in [0.717, 1.165) is 31.3 Å². The van der Waals surface area contributed by atoms with Gasteiger partial charge in [0.15, 0.2) is 11.4 Å². The van der Waals surface area contributed by atoms with Gasteiger partial charge in [-0.1, -0.05) is 19.4 Å². The normalized spacial score (nSPS) is 50.4. The molecule has 3 fully saturated rings. The van der Waals surface area contributed by atoms with Gasteiger partial charge in [-0.15, -0.1) is 0 Å². The fourth-order valence-electron chi connectivity index (χ4n) is 6.57. The zero-order chi connectivity index (χ0) is 17.3. The summed E-state index contributed by atoms with van der Waals surface area (Å²) in [7, 11) is 0. The second-order valence-corrected chi connectivity index (χ2v) is 8.91. The molecule has 6 atom stereocenters. The van der Waals surface area contributed by atoms with Gasteiger partial charge in [0.1, 0.15) is 5.78 Å². The van der Waals surface area contributed by atoms with E-state index in [0.29, 0.717) is 19.3 Å². The highest BCUT2D eigenvalue weighted by atomic mass is 16.3. The Kier molecular flexibility index (Phi) is 3.20. The minimum atomic E-state index is -1.38. The lowest BCUT2D eigenvalue weighted by Gasteiger charge is -2.57. The molecular weight excluding hydrogens is 302 g/mol. The second-order valence-electron chi connectivity index (χ2n) is 8.91. The number of Topliss-reactive ketones (excluding diaryl/α,β-unsaturated/α-hetero) is 1. The Balaban J connectivity index is 1.77. The number of nitriles is 1. The molecule has 0 unspecified atom stereocenters. The predicted molar refractivity (Wildman–Crippen MR) is 87.7 cm³/mol. The molecule has 0 heterocycles. The van der Waals surface area contributed by atoms with Gasteiger partial charge >= 0.3 is 0 Å². The van der Waals surface area contributed by atoms with Crippen molar-refractivity contribution < 1.29 is 14.7 Å². The summed E-state index contributed by atoms with van der Waals surface area (Å²) in [5.74, 6) is 0.782. The van der Waals surface area contributed by atoms with Crippen LogP contribution in [0.4, 0.5) is 0 Å². The van der Waals surface area contributed by atoms with Gasteiger partial charge in [-0.2, -0.15) is 5.26 Å². The van der Waals surface area contributed by atoms with Crippen LogP contribution < -0.4 is 0 Å². The van der Waals surface area contributed by atoms with Crippen molar-refractivity contribution in [3.05, 3.63) is 11.6 Å². The first kappa shape index (κ1) is 16.0. The van der Waals surface area contributed by atoms with Crippen LogP contribution in [0.5, 0.6) is 0 Å². The fraction of sp³-hybridized carbons (Fsp3) is 0.750. The molecule has 0 spiro atoms. The maximum Gasteiger partial charge on any atom is 0.157 e. The maximum atomic E-state index is 13.2. The van der Waals surface area contributed by atoms with Crippen molar-refractivity contribution in [1.29, 1.82) is 5.26 Å². The molecule has 4 heteroatoms. The number of ketones is 2. The maximum absolute atomic E-state index is 13.2. The average Bonchev–Trinajstić information content (AvgIpc) is 2.79. The predicted octanol–water partition coefficient (Wildman–Crippen LogP) is 2.95. The van der Waals surface area contributed by atoms with Crippen molar-refractivity contribution in [2.75, 3.05) is 0 Å². The number of hydrogen-bond acceptors (Lipinski definition) is 4. The van der Waals surface area contributed by atoms with Crippen molar-refractivity contribution in [3.8, 4) is 6.07 Å². The Morgan fingerprint density at radius 2 is 1.96 bits per heavy atom. The summed E-state index contributed by atoms with van der Waals surface area (Å²) < 4.78 is 0. The summed E-state index contributed by atoms with van der Waals surface area (Å²) in [6.45, 7) is 4.11. The summed E-state index contributed by atoms with van der Waals surface area (Å²) in [5, 5.41) is 20.3.